The lowest BCUT2D eigenvalue weighted by molar-refractivity contribution is 0.0696. The van der Waals surface area contributed by atoms with E-state index in [0.29, 0.717) is 5.56 Å². The average molecular weight is 302 g/mol. The molecule has 0 spiro atoms. The molecule has 0 unspecified atom stereocenters. The van der Waals surface area contributed by atoms with Crippen molar-refractivity contribution in [3.05, 3.63) is 65.0 Å². The normalized spacial score (nSPS) is 10.7. The summed E-state index contributed by atoms with van der Waals surface area (Å²) in [6, 6.07) is 7.66. The molecular weight excluding hydrogens is 291 g/mol. The van der Waals surface area contributed by atoms with E-state index in [4.69, 9.17) is 5.11 Å². The lowest BCUT2D eigenvalue weighted by Gasteiger charge is -2.08. The molecule has 2 heterocycles. The van der Waals surface area contributed by atoms with E-state index >= 15 is 0 Å². The first kappa shape index (κ1) is 13.5. The Hall–Kier alpha value is -2.47. The van der Waals surface area contributed by atoms with Crippen LogP contribution in [0.25, 0.3) is 10.7 Å². The molecule has 106 valence electrons. The zero-order chi connectivity index (χ0) is 14.8. The Morgan fingerprint density at radius 1 is 1.38 bits per heavy atom. The number of halogens is 1. The van der Waals surface area contributed by atoms with Crippen molar-refractivity contribution in [1.82, 2.24) is 9.55 Å². The standard InChI is InChI=1S/C15H11FN2O2S/c16-12-4-3-10(15(19)20)8-11(12)9-18-6-5-17-14(18)13-2-1-7-21-13/h1-8H,9H2,(H,19,20). The highest BCUT2D eigenvalue weighted by atomic mass is 32.1. The third kappa shape index (κ3) is 2.71. The summed E-state index contributed by atoms with van der Waals surface area (Å²) in [6.45, 7) is 0.236. The van der Waals surface area contributed by atoms with Crippen LogP contribution < -0.4 is 0 Å². The summed E-state index contributed by atoms with van der Waals surface area (Å²) < 4.78 is 15.7. The van der Waals surface area contributed by atoms with Gasteiger partial charge in [0.05, 0.1) is 17.0 Å². The number of thiophene rings is 1. The quantitative estimate of drug-likeness (QED) is 0.802. The molecule has 4 nitrogen and oxygen atoms in total. The van der Waals surface area contributed by atoms with Gasteiger partial charge in [-0.15, -0.1) is 11.3 Å². The molecule has 0 aliphatic rings. The van der Waals surface area contributed by atoms with Crippen LogP contribution in [0, 0.1) is 5.82 Å². The minimum atomic E-state index is -1.07. The monoisotopic (exact) mass is 302 g/mol. The molecule has 1 aromatic carbocycles. The fourth-order valence-electron chi connectivity index (χ4n) is 2.08. The highest BCUT2D eigenvalue weighted by Gasteiger charge is 2.12. The van der Waals surface area contributed by atoms with Gasteiger partial charge in [-0.3, -0.25) is 0 Å². The summed E-state index contributed by atoms with van der Waals surface area (Å²) in [4.78, 5) is 16.2. The molecule has 1 N–H and O–H groups in total. The van der Waals surface area contributed by atoms with Gasteiger partial charge in [0.25, 0.3) is 0 Å². The Morgan fingerprint density at radius 3 is 2.95 bits per heavy atom. The lowest BCUT2D eigenvalue weighted by atomic mass is 10.1. The molecule has 0 aliphatic heterocycles. The Labute approximate surface area is 124 Å². The van der Waals surface area contributed by atoms with Crippen molar-refractivity contribution in [1.29, 1.82) is 0 Å². The molecule has 6 heteroatoms. The molecule has 0 aliphatic carbocycles. The summed E-state index contributed by atoms with van der Waals surface area (Å²) >= 11 is 1.55. The third-order valence-corrected chi connectivity index (χ3v) is 3.96. The number of carbonyl (C=O) groups is 1. The number of carboxylic acid groups (broad SMARTS) is 1. The van der Waals surface area contributed by atoms with Gasteiger partial charge >= 0.3 is 5.97 Å². The average Bonchev–Trinajstić information content (AvgIpc) is 3.11. The predicted molar refractivity (Wildman–Crippen MR) is 78.0 cm³/mol. The van der Waals surface area contributed by atoms with E-state index in [0.717, 1.165) is 10.7 Å². The van der Waals surface area contributed by atoms with Crippen molar-refractivity contribution in [2.75, 3.05) is 0 Å². The molecule has 0 radical (unpaired) electrons. The van der Waals surface area contributed by atoms with Crippen LogP contribution in [-0.2, 0) is 6.54 Å². The van der Waals surface area contributed by atoms with Crippen LogP contribution >= 0.6 is 11.3 Å². The summed E-state index contributed by atoms with van der Waals surface area (Å²) in [7, 11) is 0. The van der Waals surface area contributed by atoms with Crippen LogP contribution in [0.2, 0.25) is 0 Å². The van der Waals surface area contributed by atoms with Crippen LogP contribution in [-0.4, -0.2) is 20.6 Å². The van der Waals surface area contributed by atoms with Crippen molar-refractivity contribution in [2.24, 2.45) is 0 Å². The van der Waals surface area contributed by atoms with Gasteiger partial charge < -0.3 is 9.67 Å². The van der Waals surface area contributed by atoms with E-state index in [-0.39, 0.29) is 12.1 Å². The van der Waals surface area contributed by atoms with Crippen molar-refractivity contribution >= 4 is 17.3 Å². The fraction of sp³-hybridized carbons (Fsp3) is 0.0667. The van der Waals surface area contributed by atoms with Crippen molar-refractivity contribution in [3.63, 3.8) is 0 Å². The van der Waals surface area contributed by atoms with Gasteiger partial charge in [-0.05, 0) is 29.6 Å². The maximum Gasteiger partial charge on any atom is 0.335 e. The number of aromatic carboxylic acids is 1. The number of carboxylic acids is 1. The van der Waals surface area contributed by atoms with Crippen LogP contribution in [0.1, 0.15) is 15.9 Å². The second-order valence-corrected chi connectivity index (χ2v) is 5.42. The molecular formula is C15H11FN2O2S. The number of hydrogen-bond acceptors (Lipinski definition) is 3. The highest BCUT2D eigenvalue weighted by molar-refractivity contribution is 7.13. The van der Waals surface area contributed by atoms with Gasteiger partial charge in [0.15, 0.2) is 0 Å². The SMILES string of the molecule is O=C(O)c1ccc(F)c(Cn2ccnc2-c2cccs2)c1. The van der Waals surface area contributed by atoms with Crippen LogP contribution in [0.15, 0.2) is 48.1 Å². The molecule has 0 amide bonds. The van der Waals surface area contributed by atoms with Crippen LogP contribution in [0.3, 0.4) is 0 Å². The summed E-state index contributed by atoms with van der Waals surface area (Å²) in [6.07, 6.45) is 3.40. The molecule has 0 fully saturated rings. The Bertz CT molecular complexity index is 781. The largest absolute Gasteiger partial charge is 0.478 e. The maximum atomic E-state index is 13.9. The number of nitrogens with zero attached hydrogens (tertiary/aromatic N) is 2. The van der Waals surface area contributed by atoms with Gasteiger partial charge in [-0.25, -0.2) is 14.2 Å². The minimum Gasteiger partial charge on any atom is -0.478 e. The van der Waals surface area contributed by atoms with Crippen molar-refractivity contribution < 1.29 is 14.3 Å². The molecule has 21 heavy (non-hydrogen) atoms. The van der Waals surface area contributed by atoms with Crippen molar-refractivity contribution in [2.45, 2.75) is 6.54 Å². The molecule has 3 rings (SSSR count). The van der Waals surface area contributed by atoms with Gasteiger partial charge in [-0.2, -0.15) is 0 Å². The van der Waals surface area contributed by atoms with Gasteiger partial charge in [-0.1, -0.05) is 6.07 Å². The van der Waals surface area contributed by atoms with E-state index in [1.165, 1.54) is 18.2 Å². The second-order valence-electron chi connectivity index (χ2n) is 4.47. The van der Waals surface area contributed by atoms with E-state index in [1.54, 1.807) is 28.3 Å². The van der Waals surface area contributed by atoms with E-state index in [1.807, 2.05) is 17.5 Å². The molecule has 0 bridgehead atoms. The number of hydrogen-bond donors (Lipinski definition) is 1. The summed E-state index contributed by atoms with van der Waals surface area (Å²) in [5, 5.41) is 10.9. The Balaban J connectivity index is 1.96. The lowest BCUT2D eigenvalue weighted by Crippen LogP contribution is -2.05. The Morgan fingerprint density at radius 2 is 2.24 bits per heavy atom. The molecule has 0 atom stereocenters. The maximum absolute atomic E-state index is 13.9. The van der Waals surface area contributed by atoms with E-state index in [2.05, 4.69) is 4.98 Å². The molecule has 3 aromatic rings. The molecule has 0 saturated carbocycles. The number of benzene rings is 1. The number of imidazole rings is 1. The van der Waals surface area contributed by atoms with Crippen LogP contribution in [0.5, 0.6) is 0 Å². The third-order valence-electron chi connectivity index (χ3n) is 3.09. The highest BCUT2D eigenvalue weighted by Crippen LogP contribution is 2.24. The van der Waals surface area contributed by atoms with Gasteiger partial charge in [0, 0.05) is 18.0 Å². The van der Waals surface area contributed by atoms with E-state index < -0.39 is 11.8 Å². The smallest absolute Gasteiger partial charge is 0.335 e. The first-order chi connectivity index (χ1) is 10.1. The minimum absolute atomic E-state index is 0.0733. The first-order valence-corrected chi connectivity index (χ1v) is 7.10. The topological polar surface area (TPSA) is 55.1 Å². The second kappa shape index (κ2) is 5.49. The fourth-order valence-corrected chi connectivity index (χ4v) is 2.82. The zero-order valence-electron chi connectivity index (χ0n) is 10.9. The molecule has 0 saturated heterocycles. The van der Waals surface area contributed by atoms with Crippen LogP contribution in [0.4, 0.5) is 4.39 Å². The summed E-state index contributed by atoms with van der Waals surface area (Å²) in [5.41, 5.74) is 0.398. The Kier molecular flexibility index (Phi) is 3.53. The number of aromatic nitrogens is 2. The van der Waals surface area contributed by atoms with Crippen molar-refractivity contribution in [3.8, 4) is 10.7 Å². The number of rotatable bonds is 4. The zero-order valence-corrected chi connectivity index (χ0v) is 11.7. The first-order valence-electron chi connectivity index (χ1n) is 6.22. The molecule has 2 aromatic heterocycles. The summed E-state index contributed by atoms with van der Waals surface area (Å²) in [5.74, 6) is -0.753. The predicted octanol–water partition coefficient (Wildman–Crippen LogP) is 3.50. The van der Waals surface area contributed by atoms with Gasteiger partial charge in [0.2, 0.25) is 0 Å². The van der Waals surface area contributed by atoms with E-state index in [9.17, 15) is 9.18 Å². The van der Waals surface area contributed by atoms with Gasteiger partial charge in [0.1, 0.15) is 11.6 Å².